The summed E-state index contributed by atoms with van der Waals surface area (Å²) in [5.74, 6) is -1.06. The van der Waals surface area contributed by atoms with Crippen LogP contribution in [0.5, 0.6) is 0 Å². The molecule has 186 valence electrons. The second kappa shape index (κ2) is 8.52. The zero-order valence-electron chi connectivity index (χ0n) is 20.5. The summed E-state index contributed by atoms with van der Waals surface area (Å²) in [6.07, 6.45) is 3.10. The van der Waals surface area contributed by atoms with Gasteiger partial charge in [-0.05, 0) is 53.9 Å². The molecule has 4 aliphatic rings. The van der Waals surface area contributed by atoms with Crippen molar-refractivity contribution in [1.82, 2.24) is 4.90 Å². The summed E-state index contributed by atoms with van der Waals surface area (Å²) in [6, 6.07) is 0. The van der Waals surface area contributed by atoms with Gasteiger partial charge in [-0.1, -0.05) is 11.6 Å². The van der Waals surface area contributed by atoms with Crippen LogP contribution in [-0.2, 0) is 28.5 Å². The monoisotopic (exact) mass is 467 g/mol. The lowest BCUT2D eigenvalue weighted by molar-refractivity contribution is -0.179. The van der Waals surface area contributed by atoms with Crippen molar-refractivity contribution in [3.63, 3.8) is 0 Å². The summed E-state index contributed by atoms with van der Waals surface area (Å²) in [5.41, 5.74) is -0.686. The van der Waals surface area contributed by atoms with Crippen molar-refractivity contribution in [3.05, 3.63) is 11.6 Å². The number of carbonyl (C=O) groups is 2. The predicted molar refractivity (Wildman–Crippen MR) is 118 cm³/mol. The zero-order chi connectivity index (χ0) is 24.2. The number of hydrogen-bond acceptors (Lipinski definition) is 7. The van der Waals surface area contributed by atoms with Crippen molar-refractivity contribution >= 4 is 12.1 Å². The van der Waals surface area contributed by atoms with E-state index in [1.807, 2.05) is 0 Å². The third-order valence-electron chi connectivity index (χ3n) is 7.57. The molecule has 9 nitrogen and oxygen atoms in total. The van der Waals surface area contributed by atoms with Crippen molar-refractivity contribution in [2.45, 2.75) is 95.1 Å². The zero-order valence-corrected chi connectivity index (χ0v) is 20.5. The van der Waals surface area contributed by atoms with Crippen molar-refractivity contribution in [2.24, 2.45) is 5.92 Å². The average Bonchev–Trinajstić information content (AvgIpc) is 3.61. The van der Waals surface area contributed by atoms with E-state index in [0.717, 1.165) is 12.8 Å². The van der Waals surface area contributed by atoms with Crippen LogP contribution in [-0.4, -0.2) is 90.1 Å². The van der Waals surface area contributed by atoms with Gasteiger partial charge in [0.15, 0.2) is 5.60 Å². The summed E-state index contributed by atoms with van der Waals surface area (Å²) in [5, 5.41) is 9.21. The van der Waals surface area contributed by atoms with Crippen molar-refractivity contribution < 1.29 is 38.4 Å². The van der Waals surface area contributed by atoms with Gasteiger partial charge in [0.1, 0.15) is 23.4 Å². The number of carboxylic acid groups (broad SMARTS) is 1. The molecule has 0 unspecified atom stereocenters. The first-order valence-electron chi connectivity index (χ1n) is 11.8. The smallest absolute Gasteiger partial charge is 0.410 e. The van der Waals surface area contributed by atoms with E-state index in [2.05, 4.69) is 26.8 Å². The molecule has 9 heteroatoms. The van der Waals surface area contributed by atoms with Gasteiger partial charge >= 0.3 is 12.1 Å². The summed E-state index contributed by atoms with van der Waals surface area (Å²) in [7, 11) is 1.65. The van der Waals surface area contributed by atoms with Crippen LogP contribution in [0.4, 0.5) is 4.79 Å². The molecule has 4 fully saturated rings. The Labute approximate surface area is 195 Å². The molecule has 33 heavy (non-hydrogen) atoms. The van der Waals surface area contributed by atoms with Crippen molar-refractivity contribution in [2.75, 3.05) is 26.8 Å². The van der Waals surface area contributed by atoms with Crippen LogP contribution >= 0.6 is 0 Å². The number of allylic oxidation sites excluding steroid dienone is 1. The SMILES string of the molecule is CO[C@@H]1[C@H](OC(=O)N2CC(OC(C)(C)C(=O)O)C2)CC[C@]2(CO2)[C@H]1[C@@]1(C)O[C@@H]1CC=C(C)C. The maximum Gasteiger partial charge on any atom is 0.410 e. The van der Waals surface area contributed by atoms with E-state index in [0.29, 0.717) is 26.1 Å². The average molecular weight is 468 g/mol. The number of methoxy groups -OCH3 is 1. The normalized spacial score (nSPS) is 37.9. The lowest BCUT2D eigenvalue weighted by Crippen LogP contribution is -2.60. The maximum absolute atomic E-state index is 12.8. The van der Waals surface area contributed by atoms with Gasteiger partial charge in [-0.2, -0.15) is 0 Å². The molecule has 1 aliphatic carbocycles. The predicted octanol–water partition coefficient (Wildman–Crippen LogP) is 2.76. The van der Waals surface area contributed by atoms with Crippen LogP contribution in [0.2, 0.25) is 0 Å². The fraction of sp³-hybridized carbons (Fsp3) is 0.833. The molecule has 0 aromatic rings. The van der Waals surface area contributed by atoms with E-state index in [9.17, 15) is 14.7 Å². The second-order valence-corrected chi connectivity index (χ2v) is 10.8. The third-order valence-corrected chi connectivity index (χ3v) is 7.57. The number of carbonyl (C=O) groups excluding carboxylic acids is 1. The molecule has 0 aromatic carbocycles. The number of nitrogens with zero attached hydrogens (tertiary/aromatic N) is 1. The standard InChI is InChI=1S/C24H37NO8/c1-14(2)7-8-17-23(5,33-17)19-18(29-6)16(9-10-24(19)13-30-24)31-21(28)25-11-15(12-25)32-22(3,4)20(26)27/h7,15-19H,8-13H2,1-6H3,(H,26,27)/t16-,17-,18-,19-,23+,24+/m1/s1. The molecule has 1 N–H and O–H groups in total. The Bertz CT molecular complexity index is 811. The number of amides is 1. The number of carboxylic acids is 1. The lowest BCUT2D eigenvalue weighted by atomic mass is 9.68. The van der Waals surface area contributed by atoms with Gasteiger partial charge in [-0.25, -0.2) is 9.59 Å². The number of aliphatic carboxylic acids is 1. The summed E-state index contributed by atoms with van der Waals surface area (Å²) >= 11 is 0. The van der Waals surface area contributed by atoms with Crippen LogP contribution in [0.1, 0.15) is 53.9 Å². The Balaban J connectivity index is 1.37. The quantitative estimate of drug-likeness (QED) is 0.429. The van der Waals surface area contributed by atoms with Gasteiger partial charge in [-0.15, -0.1) is 0 Å². The summed E-state index contributed by atoms with van der Waals surface area (Å²) in [6.45, 7) is 10.6. The van der Waals surface area contributed by atoms with Crippen LogP contribution in [0.3, 0.4) is 0 Å². The van der Waals surface area contributed by atoms with E-state index < -0.39 is 23.8 Å². The van der Waals surface area contributed by atoms with E-state index >= 15 is 0 Å². The summed E-state index contributed by atoms with van der Waals surface area (Å²) in [4.78, 5) is 25.6. The molecule has 6 atom stereocenters. The molecule has 4 rings (SSSR count). The molecule has 1 spiro atoms. The minimum atomic E-state index is -1.29. The van der Waals surface area contributed by atoms with Crippen LogP contribution in [0, 0.1) is 5.92 Å². The van der Waals surface area contributed by atoms with Crippen molar-refractivity contribution in [3.8, 4) is 0 Å². The molecule has 3 aliphatic heterocycles. The second-order valence-electron chi connectivity index (χ2n) is 10.8. The number of epoxide rings is 2. The maximum atomic E-state index is 12.8. The Morgan fingerprint density at radius 2 is 1.94 bits per heavy atom. The molecule has 0 bridgehead atoms. The van der Waals surface area contributed by atoms with Crippen LogP contribution in [0.15, 0.2) is 11.6 Å². The van der Waals surface area contributed by atoms with Gasteiger partial charge in [0.2, 0.25) is 0 Å². The molecule has 0 radical (unpaired) electrons. The molecule has 3 saturated heterocycles. The minimum absolute atomic E-state index is 0.0269. The Morgan fingerprint density at radius 1 is 1.27 bits per heavy atom. The Morgan fingerprint density at radius 3 is 2.48 bits per heavy atom. The van der Waals surface area contributed by atoms with Crippen molar-refractivity contribution in [1.29, 1.82) is 0 Å². The highest BCUT2D eigenvalue weighted by Crippen LogP contribution is 2.59. The highest BCUT2D eigenvalue weighted by molar-refractivity contribution is 5.76. The first kappa shape index (κ1) is 24.4. The summed E-state index contributed by atoms with van der Waals surface area (Å²) < 4.78 is 29.5. The van der Waals surface area contributed by atoms with E-state index in [1.54, 1.807) is 7.11 Å². The Kier molecular flexibility index (Phi) is 6.31. The first-order chi connectivity index (χ1) is 15.4. The fourth-order valence-corrected chi connectivity index (χ4v) is 5.40. The molecule has 1 saturated carbocycles. The largest absolute Gasteiger partial charge is 0.479 e. The number of hydrogen-bond donors (Lipinski definition) is 1. The topological polar surface area (TPSA) is 110 Å². The van der Waals surface area contributed by atoms with E-state index in [-0.39, 0.29) is 35.4 Å². The minimum Gasteiger partial charge on any atom is -0.479 e. The van der Waals surface area contributed by atoms with Gasteiger partial charge < -0.3 is 33.7 Å². The van der Waals surface area contributed by atoms with Crippen LogP contribution in [0.25, 0.3) is 0 Å². The molecule has 0 aromatic heterocycles. The van der Waals surface area contributed by atoms with Gasteiger partial charge in [-0.3, -0.25) is 0 Å². The molecule has 1 amide bonds. The highest BCUT2D eigenvalue weighted by atomic mass is 16.6. The number of rotatable bonds is 8. The first-order valence-corrected chi connectivity index (χ1v) is 11.8. The Hall–Kier alpha value is -1.68. The third kappa shape index (κ3) is 4.65. The molecular formula is C24H37NO8. The number of likely N-dealkylation sites (tertiary alicyclic amines) is 1. The number of ether oxygens (including phenoxy) is 5. The van der Waals surface area contributed by atoms with Gasteiger partial charge in [0.25, 0.3) is 0 Å². The van der Waals surface area contributed by atoms with E-state index in [1.165, 1.54) is 24.3 Å². The molecular weight excluding hydrogens is 430 g/mol. The van der Waals surface area contributed by atoms with Crippen LogP contribution < -0.4 is 0 Å². The highest BCUT2D eigenvalue weighted by Gasteiger charge is 2.72. The molecule has 3 heterocycles. The van der Waals surface area contributed by atoms with Gasteiger partial charge in [0, 0.05) is 7.11 Å². The van der Waals surface area contributed by atoms with E-state index in [4.69, 9.17) is 23.7 Å². The lowest BCUT2D eigenvalue weighted by Gasteiger charge is -2.45. The fourth-order valence-electron chi connectivity index (χ4n) is 5.40. The van der Waals surface area contributed by atoms with Gasteiger partial charge in [0.05, 0.1) is 37.8 Å².